The van der Waals surface area contributed by atoms with Gasteiger partial charge in [-0.1, -0.05) is 188 Å². The fourth-order valence-electron chi connectivity index (χ4n) is 10.9. The molecular formula is C63H46N2. The molecule has 308 valence electrons. The third-order valence-corrected chi connectivity index (χ3v) is 13.8. The molecule has 0 fully saturated rings. The first-order chi connectivity index (χ1) is 32.1. The summed E-state index contributed by atoms with van der Waals surface area (Å²) in [6, 6.07) is 89.3. The normalized spacial score (nSPS) is 12.9. The van der Waals surface area contributed by atoms with E-state index in [4.69, 9.17) is 0 Å². The van der Waals surface area contributed by atoms with Crippen LogP contribution in [-0.2, 0) is 5.41 Å². The van der Waals surface area contributed by atoms with Crippen LogP contribution in [0.5, 0.6) is 0 Å². The fourth-order valence-corrected chi connectivity index (χ4v) is 10.9. The Morgan fingerprint density at radius 2 is 0.815 bits per heavy atom. The quantitative estimate of drug-likeness (QED) is 0.158. The van der Waals surface area contributed by atoms with Gasteiger partial charge in [0.25, 0.3) is 0 Å². The lowest BCUT2D eigenvalue weighted by molar-refractivity contribution is 0.752. The largest absolute Gasteiger partial charge is 0.310 e. The van der Waals surface area contributed by atoms with Gasteiger partial charge in [0.1, 0.15) is 0 Å². The second-order valence-electron chi connectivity index (χ2n) is 17.3. The van der Waals surface area contributed by atoms with Gasteiger partial charge in [0, 0.05) is 22.6 Å². The second-order valence-corrected chi connectivity index (χ2v) is 17.3. The lowest BCUT2D eigenvalue weighted by Gasteiger charge is -2.45. The van der Waals surface area contributed by atoms with Crippen molar-refractivity contribution in [1.82, 2.24) is 0 Å². The monoisotopic (exact) mass is 830 g/mol. The van der Waals surface area contributed by atoms with Gasteiger partial charge in [0.05, 0.1) is 22.5 Å². The number of anilines is 6. The maximum absolute atomic E-state index is 2.47. The molecule has 1 aliphatic heterocycles. The topological polar surface area (TPSA) is 6.48 Å². The molecule has 2 aliphatic rings. The summed E-state index contributed by atoms with van der Waals surface area (Å²) < 4.78 is 0. The van der Waals surface area contributed by atoms with Crippen molar-refractivity contribution in [3.63, 3.8) is 0 Å². The van der Waals surface area contributed by atoms with E-state index in [0.29, 0.717) is 0 Å². The zero-order valence-corrected chi connectivity index (χ0v) is 36.5. The lowest BCUT2D eigenvalue weighted by atomic mass is 9.64. The first kappa shape index (κ1) is 38.5. The number of nitrogens with zero attached hydrogens (tertiary/aromatic N) is 2. The summed E-state index contributed by atoms with van der Waals surface area (Å²) in [6.45, 7) is 4.45. The molecule has 1 heterocycles. The van der Waals surface area contributed by atoms with Gasteiger partial charge < -0.3 is 9.80 Å². The first-order valence-corrected chi connectivity index (χ1v) is 22.6. The summed E-state index contributed by atoms with van der Waals surface area (Å²) in [5, 5.41) is 0. The highest BCUT2D eigenvalue weighted by Gasteiger charge is 2.52. The van der Waals surface area contributed by atoms with E-state index in [-0.39, 0.29) is 0 Å². The number of fused-ring (bicyclic) bond motifs is 9. The Morgan fingerprint density at radius 1 is 0.338 bits per heavy atom. The van der Waals surface area contributed by atoms with Crippen LogP contribution in [0, 0.1) is 13.8 Å². The number of para-hydroxylation sites is 3. The number of hydrogen-bond acceptors (Lipinski definition) is 2. The minimum atomic E-state index is -0.563. The molecule has 12 rings (SSSR count). The molecule has 0 saturated carbocycles. The van der Waals surface area contributed by atoms with E-state index in [1.807, 2.05) is 0 Å². The van der Waals surface area contributed by atoms with Crippen LogP contribution < -0.4 is 9.80 Å². The minimum absolute atomic E-state index is 0.563. The molecule has 0 amide bonds. The van der Waals surface area contributed by atoms with Crippen molar-refractivity contribution in [2.24, 2.45) is 0 Å². The number of hydrogen-bond donors (Lipinski definition) is 0. The van der Waals surface area contributed by atoms with Gasteiger partial charge in [-0.15, -0.1) is 0 Å². The average molecular weight is 831 g/mol. The molecule has 10 aromatic carbocycles. The van der Waals surface area contributed by atoms with Gasteiger partial charge >= 0.3 is 0 Å². The summed E-state index contributed by atoms with van der Waals surface area (Å²) in [7, 11) is 0. The minimum Gasteiger partial charge on any atom is -0.310 e. The van der Waals surface area contributed by atoms with Crippen LogP contribution in [0.3, 0.4) is 0 Å². The van der Waals surface area contributed by atoms with Crippen molar-refractivity contribution in [2.75, 3.05) is 9.80 Å². The molecule has 0 radical (unpaired) electrons. The Morgan fingerprint density at radius 3 is 1.48 bits per heavy atom. The molecule has 0 saturated heterocycles. The van der Waals surface area contributed by atoms with Gasteiger partial charge in [-0.25, -0.2) is 0 Å². The maximum Gasteiger partial charge on any atom is 0.0755 e. The van der Waals surface area contributed by atoms with E-state index in [1.54, 1.807) is 0 Å². The highest BCUT2D eigenvalue weighted by Crippen LogP contribution is 2.65. The summed E-state index contributed by atoms with van der Waals surface area (Å²) in [5.41, 5.74) is 23.9. The zero-order valence-electron chi connectivity index (χ0n) is 36.5. The zero-order chi connectivity index (χ0) is 43.5. The van der Waals surface area contributed by atoms with Crippen molar-refractivity contribution < 1.29 is 0 Å². The Labute approximate surface area is 382 Å². The van der Waals surface area contributed by atoms with E-state index in [9.17, 15) is 0 Å². The standard InChI is InChI=1S/C63H46N2/c1-43-19-9-10-24-51(43)53-27-17-26-52(44(53)2)47-37-41-50(42-38-47)64(49-39-35-46(36-40-49)45-20-5-3-6-21-45)61-34-18-31-58-62(61)54-25-11-12-28-55(54)63(58)56-29-13-15-32-59(56)65(48-22-7-4-8-23-48)60-33-16-14-30-57(60)63/h3-42H,1-2H3. The van der Waals surface area contributed by atoms with Crippen molar-refractivity contribution in [3.8, 4) is 44.5 Å². The number of aryl methyl sites for hydroxylation is 1. The number of benzene rings is 10. The molecule has 0 N–H and O–H groups in total. The van der Waals surface area contributed by atoms with Crippen LogP contribution in [-0.4, -0.2) is 0 Å². The molecule has 0 unspecified atom stereocenters. The van der Waals surface area contributed by atoms with Crippen molar-refractivity contribution in [2.45, 2.75) is 19.3 Å². The van der Waals surface area contributed by atoms with E-state index < -0.39 is 5.41 Å². The predicted octanol–water partition coefficient (Wildman–Crippen LogP) is 16.9. The van der Waals surface area contributed by atoms with Gasteiger partial charge in [-0.2, -0.15) is 0 Å². The Bertz CT molecular complexity index is 3340. The van der Waals surface area contributed by atoms with Crippen LogP contribution >= 0.6 is 0 Å². The summed E-state index contributed by atoms with van der Waals surface area (Å²) in [4.78, 5) is 4.92. The van der Waals surface area contributed by atoms with Crippen molar-refractivity contribution in [3.05, 3.63) is 276 Å². The van der Waals surface area contributed by atoms with Crippen LogP contribution in [0.4, 0.5) is 34.1 Å². The molecule has 1 spiro atoms. The molecule has 0 atom stereocenters. The summed E-state index contributed by atoms with van der Waals surface area (Å²) in [5.74, 6) is 0. The smallest absolute Gasteiger partial charge is 0.0755 e. The van der Waals surface area contributed by atoms with E-state index in [1.165, 1.54) is 89.3 Å². The van der Waals surface area contributed by atoms with E-state index >= 15 is 0 Å². The van der Waals surface area contributed by atoms with E-state index in [0.717, 1.165) is 22.7 Å². The van der Waals surface area contributed by atoms with Crippen molar-refractivity contribution in [1.29, 1.82) is 0 Å². The third kappa shape index (κ3) is 6.02. The SMILES string of the molecule is Cc1ccccc1-c1cccc(-c2ccc(N(c3ccc(-c4ccccc4)cc3)c3cccc4c3-c3ccccc3C43c4ccccc4N(c4ccccc4)c4ccccc43)cc2)c1C. The van der Waals surface area contributed by atoms with Gasteiger partial charge in [-0.05, 0) is 141 Å². The third-order valence-electron chi connectivity index (χ3n) is 13.8. The molecule has 65 heavy (non-hydrogen) atoms. The average Bonchev–Trinajstić information content (AvgIpc) is 3.67. The maximum atomic E-state index is 2.47. The van der Waals surface area contributed by atoms with E-state index in [2.05, 4.69) is 266 Å². The summed E-state index contributed by atoms with van der Waals surface area (Å²) >= 11 is 0. The van der Waals surface area contributed by atoms with Gasteiger partial charge in [0.2, 0.25) is 0 Å². The molecule has 10 aromatic rings. The predicted molar refractivity (Wildman–Crippen MR) is 272 cm³/mol. The highest BCUT2D eigenvalue weighted by molar-refractivity contribution is 6.01. The van der Waals surface area contributed by atoms with Crippen molar-refractivity contribution >= 4 is 34.1 Å². The molecule has 0 bridgehead atoms. The Kier molecular flexibility index (Phi) is 9.21. The summed E-state index contributed by atoms with van der Waals surface area (Å²) in [6.07, 6.45) is 0. The first-order valence-electron chi connectivity index (χ1n) is 22.6. The molecule has 0 aromatic heterocycles. The van der Waals surface area contributed by atoms with Crippen LogP contribution in [0.25, 0.3) is 44.5 Å². The Hall–Kier alpha value is -8.20. The van der Waals surface area contributed by atoms with Crippen LogP contribution in [0.15, 0.2) is 243 Å². The van der Waals surface area contributed by atoms with Gasteiger partial charge in [0.15, 0.2) is 0 Å². The van der Waals surface area contributed by atoms with Crippen LogP contribution in [0.2, 0.25) is 0 Å². The fraction of sp³-hybridized carbons (Fsp3) is 0.0476. The second kappa shape index (κ2) is 15.6. The molecule has 2 nitrogen and oxygen atoms in total. The highest BCUT2D eigenvalue weighted by atomic mass is 15.2. The molecule has 1 aliphatic carbocycles. The molecule has 2 heteroatoms. The van der Waals surface area contributed by atoms with Gasteiger partial charge in [-0.3, -0.25) is 0 Å². The van der Waals surface area contributed by atoms with Crippen LogP contribution in [0.1, 0.15) is 33.4 Å². The Balaban J connectivity index is 1.07. The number of rotatable bonds is 7. The molecular weight excluding hydrogens is 785 g/mol. The lowest BCUT2D eigenvalue weighted by Crippen LogP contribution is -2.36.